The van der Waals surface area contributed by atoms with Crippen LogP contribution in [0, 0.1) is 11.8 Å². The van der Waals surface area contributed by atoms with E-state index < -0.39 is 0 Å². The van der Waals surface area contributed by atoms with Crippen molar-refractivity contribution in [3.63, 3.8) is 0 Å². The first-order valence-corrected chi connectivity index (χ1v) is 8.90. The molecule has 0 amide bonds. The third-order valence-electron chi connectivity index (χ3n) is 4.42. The molecule has 1 N–H and O–H groups in total. The summed E-state index contributed by atoms with van der Waals surface area (Å²) in [7, 11) is 1.46. The molecule has 0 aromatic heterocycles. The first kappa shape index (κ1) is 23.4. The third-order valence-corrected chi connectivity index (χ3v) is 4.42. The summed E-state index contributed by atoms with van der Waals surface area (Å²) in [5.74, 6) is 1.03. The summed E-state index contributed by atoms with van der Waals surface area (Å²) in [6, 6.07) is 0. The third kappa shape index (κ3) is 7.13. The highest BCUT2D eigenvalue weighted by Gasteiger charge is 2.36. The van der Waals surface area contributed by atoms with Gasteiger partial charge in [0.15, 0.2) is 5.96 Å². The fourth-order valence-corrected chi connectivity index (χ4v) is 3.07. The monoisotopic (exact) mass is 454 g/mol. The molecule has 0 spiro atoms. The van der Waals surface area contributed by atoms with Gasteiger partial charge in [0.1, 0.15) is 0 Å². The molecule has 7 heteroatoms. The first-order valence-electron chi connectivity index (χ1n) is 8.90. The molecule has 142 valence electrons. The molecule has 2 unspecified atom stereocenters. The number of nitrogens with one attached hydrogen (secondary N) is 1. The van der Waals surface area contributed by atoms with Crippen LogP contribution in [0.5, 0.6) is 0 Å². The Hall–Kier alpha value is -0.570. The van der Waals surface area contributed by atoms with Crippen LogP contribution in [-0.4, -0.2) is 74.7 Å². The number of carbonyl (C=O) groups is 1. The van der Waals surface area contributed by atoms with Gasteiger partial charge in [-0.25, -0.2) is 0 Å². The van der Waals surface area contributed by atoms with Crippen LogP contribution in [0.1, 0.15) is 34.1 Å². The van der Waals surface area contributed by atoms with E-state index in [0.29, 0.717) is 12.5 Å². The SMILES string of the molecule is CCCN(CC)CCN=C(NCC)N1CC(C)C(C(=O)OC)C1.I. The predicted octanol–water partition coefficient (Wildman–Crippen LogP) is 2.04. The van der Waals surface area contributed by atoms with Crippen LogP contribution >= 0.6 is 24.0 Å². The Kier molecular flexibility index (Phi) is 12.4. The number of carbonyl (C=O) groups excluding carboxylic acids is 1. The number of hydrogen-bond acceptors (Lipinski definition) is 4. The van der Waals surface area contributed by atoms with E-state index in [1.807, 2.05) is 0 Å². The summed E-state index contributed by atoms with van der Waals surface area (Å²) < 4.78 is 4.91. The largest absolute Gasteiger partial charge is 0.469 e. The van der Waals surface area contributed by atoms with Crippen molar-refractivity contribution in [3.05, 3.63) is 0 Å². The van der Waals surface area contributed by atoms with Gasteiger partial charge in [0.05, 0.1) is 19.6 Å². The number of esters is 1. The second-order valence-electron chi connectivity index (χ2n) is 6.18. The molecule has 1 saturated heterocycles. The molecule has 0 saturated carbocycles. The van der Waals surface area contributed by atoms with Crippen LogP contribution in [0.3, 0.4) is 0 Å². The lowest BCUT2D eigenvalue weighted by Crippen LogP contribution is -2.41. The fourth-order valence-electron chi connectivity index (χ4n) is 3.07. The number of likely N-dealkylation sites (N-methyl/N-ethyl adjacent to an activating group) is 1. The number of hydrogen-bond donors (Lipinski definition) is 1. The zero-order valence-electron chi connectivity index (χ0n) is 15.9. The van der Waals surface area contributed by atoms with E-state index in [1.165, 1.54) is 13.5 Å². The Balaban J connectivity index is 0.00000529. The van der Waals surface area contributed by atoms with Gasteiger partial charge in [0.25, 0.3) is 0 Å². The van der Waals surface area contributed by atoms with Crippen LogP contribution in [0.25, 0.3) is 0 Å². The summed E-state index contributed by atoms with van der Waals surface area (Å²) in [6.07, 6.45) is 1.17. The maximum absolute atomic E-state index is 11.8. The maximum Gasteiger partial charge on any atom is 0.310 e. The predicted molar refractivity (Wildman–Crippen MR) is 110 cm³/mol. The summed E-state index contributed by atoms with van der Waals surface area (Å²) in [4.78, 5) is 21.2. The maximum atomic E-state index is 11.8. The minimum atomic E-state index is -0.115. The summed E-state index contributed by atoms with van der Waals surface area (Å²) in [5, 5.41) is 3.35. The lowest BCUT2D eigenvalue weighted by atomic mass is 9.99. The Morgan fingerprint density at radius 3 is 2.54 bits per heavy atom. The number of rotatable bonds is 8. The topological polar surface area (TPSA) is 57.2 Å². The van der Waals surface area contributed by atoms with Gasteiger partial charge in [-0.15, -0.1) is 24.0 Å². The number of guanidine groups is 1. The quantitative estimate of drug-likeness (QED) is 0.263. The van der Waals surface area contributed by atoms with Crippen molar-refractivity contribution in [2.24, 2.45) is 16.8 Å². The average molecular weight is 454 g/mol. The molecule has 1 aliphatic heterocycles. The normalized spacial score (nSPS) is 20.9. The molecule has 1 rings (SSSR count). The molecule has 1 fully saturated rings. The first-order chi connectivity index (χ1) is 11.1. The number of methoxy groups -OCH3 is 1. The van der Waals surface area contributed by atoms with Crippen LogP contribution in [0.4, 0.5) is 0 Å². The van der Waals surface area contributed by atoms with E-state index in [2.05, 4.69) is 42.8 Å². The van der Waals surface area contributed by atoms with Gasteiger partial charge in [-0.3, -0.25) is 9.79 Å². The molecular formula is C17H35IN4O2. The van der Waals surface area contributed by atoms with Crippen molar-refractivity contribution >= 4 is 35.9 Å². The van der Waals surface area contributed by atoms with Crippen molar-refractivity contribution in [2.45, 2.75) is 34.1 Å². The van der Waals surface area contributed by atoms with E-state index in [1.54, 1.807) is 0 Å². The highest BCUT2D eigenvalue weighted by Crippen LogP contribution is 2.24. The van der Waals surface area contributed by atoms with Crippen molar-refractivity contribution in [2.75, 3.05) is 52.9 Å². The van der Waals surface area contributed by atoms with E-state index in [9.17, 15) is 4.79 Å². The Morgan fingerprint density at radius 1 is 1.29 bits per heavy atom. The Bertz CT molecular complexity index is 393. The molecule has 0 radical (unpaired) electrons. The average Bonchev–Trinajstić information content (AvgIpc) is 2.94. The van der Waals surface area contributed by atoms with Gasteiger partial charge in [-0.05, 0) is 32.4 Å². The van der Waals surface area contributed by atoms with Gasteiger partial charge >= 0.3 is 5.97 Å². The number of likely N-dealkylation sites (tertiary alicyclic amines) is 1. The van der Waals surface area contributed by atoms with Crippen LogP contribution in [-0.2, 0) is 9.53 Å². The smallest absolute Gasteiger partial charge is 0.310 e. The highest BCUT2D eigenvalue weighted by molar-refractivity contribution is 14.0. The van der Waals surface area contributed by atoms with E-state index in [-0.39, 0.29) is 35.9 Å². The molecule has 24 heavy (non-hydrogen) atoms. The number of halogens is 1. The van der Waals surface area contributed by atoms with Crippen molar-refractivity contribution < 1.29 is 9.53 Å². The number of ether oxygens (including phenoxy) is 1. The molecule has 6 nitrogen and oxygen atoms in total. The zero-order chi connectivity index (χ0) is 17.2. The summed E-state index contributed by atoms with van der Waals surface area (Å²) in [5.41, 5.74) is 0. The van der Waals surface area contributed by atoms with Crippen molar-refractivity contribution in [1.29, 1.82) is 0 Å². The minimum absolute atomic E-state index is 0. The molecule has 1 heterocycles. The van der Waals surface area contributed by atoms with Gasteiger partial charge in [0.2, 0.25) is 0 Å². The van der Waals surface area contributed by atoms with E-state index in [0.717, 1.165) is 45.2 Å². The lowest BCUT2D eigenvalue weighted by molar-refractivity contribution is -0.145. The van der Waals surface area contributed by atoms with Crippen molar-refractivity contribution in [3.8, 4) is 0 Å². The van der Waals surface area contributed by atoms with Gasteiger partial charge < -0.3 is 19.9 Å². The summed E-state index contributed by atoms with van der Waals surface area (Å²) in [6.45, 7) is 14.9. The molecule has 0 bridgehead atoms. The standard InChI is InChI=1S/C17H34N4O2.HI/c1-6-10-20(8-3)11-9-19-17(18-7-2)21-12-14(4)15(13-21)16(22)23-5;/h14-15H,6-13H2,1-5H3,(H,18,19);1H. The molecule has 2 atom stereocenters. The van der Waals surface area contributed by atoms with Crippen molar-refractivity contribution in [1.82, 2.24) is 15.1 Å². The summed E-state index contributed by atoms with van der Waals surface area (Å²) >= 11 is 0. The molecule has 0 aliphatic carbocycles. The van der Waals surface area contributed by atoms with Crippen LogP contribution < -0.4 is 5.32 Å². The number of nitrogens with zero attached hydrogens (tertiary/aromatic N) is 3. The van der Waals surface area contributed by atoms with Gasteiger partial charge in [0, 0.05) is 26.2 Å². The van der Waals surface area contributed by atoms with Gasteiger partial charge in [-0.2, -0.15) is 0 Å². The lowest BCUT2D eigenvalue weighted by Gasteiger charge is -2.23. The van der Waals surface area contributed by atoms with Gasteiger partial charge in [-0.1, -0.05) is 20.8 Å². The number of aliphatic imine (C=N–C) groups is 1. The van der Waals surface area contributed by atoms with Crippen LogP contribution in [0.2, 0.25) is 0 Å². The highest BCUT2D eigenvalue weighted by atomic mass is 127. The Morgan fingerprint density at radius 2 is 2.00 bits per heavy atom. The Labute approximate surface area is 164 Å². The van der Waals surface area contributed by atoms with Crippen LogP contribution in [0.15, 0.2) is 4.99 Å². The zero-order valence-corrected chi connectivity index (χ0v) is 18.2. The molecule has 0 aromatic rings. The molecular weight excluding hydrogens is 419 g/mol. The second kappa shape index (κ2) is 12.7. The van der Waals surface area contributed by atoms with E-state index in [4.69, 9.17) is 9.73 Å². The fraction of sp³-hybridized carbons (Fsp3) is 0.882. The molecule has 0 aromatic carbocycles. The van der Waals surface area contributed by atoms with E-state index >= 15 is 0 Å². The molecule has 1 aliphatic rings. The minimum Gasteiger partial charge on any atom is -0.469 e. The second-order valence-corrected chi connectivity index (χ2v) is 6.18.